The lowest BCUT2D eigenvalue weighted by Gasteiger charge is -2.30. The smallest absolute Gasteiger partial charge is 0.338 e. The van der Waals surface area contributed by atoms with Crippen molar-refractivity contribution in [3.8, 4) is 0 Å². The highest BCUT2D eigenvalue weighted by molar-refractivity contribution is 6.31. The molecular weight excluding hydrogens is 462 g/mol. The fraction of sp³-hybridized carbons (Fsp3) is 0.304. The Labute approximate surface area is 199 Å². The summed E-state index contributed by atoms with van der Waals surface area (Å²) < 4.78 is 10.7. The van der Waals surface area contributed by atoms with E-state index < -0.39 is 18.0 Å². The molecule has 3 heterocycles. The van der Waals surface area contributed by atoms with Gasteiger partial charge in [0.1, 0.15) is 17.6 Å². The molecule has 1 unspecified atom stereocenters. The monoisotopic (exact) mass is 485 g/mol. The number of aromatic nitrogens is 2. The summed E-state index contributed by atoms with van der Waals surface area (Å²) in [5.74, 6) is 0.285. The molecule has 1 aliphatic heterocycles. The van der Waals surface area contributed by atoms with Crippen LogP contribution < -0.4 is 16.2 Å². The number of H-pyrrole nitrogens is 1. The van der Waals surface area contributed by atoms with E-state index in [1.807, 2.05) is 11.8 Å². The van der Waals surface area contributed by atoms with Gasteiger partial charge in [0.05, 0.1) is 35.9 Å². The molecule has 10 nitrogen and oxygen atoms in total. The number of fused-ring (bicyclic) bond motifs is 1. The molecule has 2 aromatic heterocycles. The number of rotatable bonds is 8. The minimum atomic E-state index is -0.794. The number of amides is 2. The number of furan rings is 1. The fourth-order valence-corrected chi connectivity index (χ4v) is 3.98. The van der Waals surface area contributed by atoms with Gasteiger partial charge in [-0.25, -0.2) is 14.6 Å². The largest absolute Gasteiger partial charge is 0.467 e. The second-order valence-electron chi connectivity index (χ2n) is 7.64. The molecule has 0 bridgehead atoms. The van der Waals surface area contributed by atoms with Crippen molar-refractivity contribution < 1.29 is 18.7 Å². The second-order valence-corrected chi connectivity index (χ2v) is 8.07. The van der Waals surface area contributed by atoms with E-state index in [0.717, 1.165) is 0 Å². The third-order valence-corrected chi connectivity index (χ3v) is 5.63. The van der Waals surface area contributed by atoms with Gasteiger partial charge in [0.15, 0.2) is 0 Å². The first-order chi connectivity index (χ1) is 16.4. The Morgan fingerprint density at radius 3 is 2.76 bits per heavy atom. The van der Waals surface area contributed by atoms with Crippen molar-refractivity contribution in [2.75, 3.05) is 19.7 Å². The molecule has 1 atom stereocenters. The molecule has 0 saturated carbocycles. The third-order valence-electron chi connectivity index (χ3n) is 5.40. The summed E-state index contributed by atoms with van der Waals surface area (Å²) in [7, 11) is 0. The highest BCUT2D eigenvalue weighted by atomic mass is 35.5. The van der Waals surface area contributed by atoms with Crippen molar-refractivity contribution in [1.82, 2.24) is 25.5 Å². The number of likely N-dealkylation sites (N-methyl/N-ethyl adjacent to an activating group) is 1. The molecule has 0 fully saturated rings. The third kappa shape index (κ3) is 4.97. The van der Waals surface area contributed by atoms with Crippen molar-refractivity contribution in [2.24, 2.45) is 0 Å². The Morgan fingerprint density at radius 2 is 2.06 bits per heavy atom. The van der Waals surface area contributed by atoms with Gasteiger partial charge in [-0.1, -0.05) is 18.5 Å². The number of ether oxygens (including phenoxy) is 1. The number of hydrogen-bond acceptors (Lipinski definition) is 7. The van der Waals surface area contributed by atoms with Crippen LogP contribution in [-0.2, 0) is 16.1 Å². The van der Waals surface area contributed by atoms with Gasteiger partial charge in [-0.05, 0) is 43.8 Å². The van der Waals surface area contributed by atoms with Crippen LogP contribution in [0, 0.1) is 0 Å². The summed E-state index contributed by atoms with van der Waals surface area (Å²) in [6, 6.07) is 6.99. The molecule has 3 aromatic rings. The average molecular weight is 486 g/mol. The Morgan fingerprint density at radius 1 is 1.24 bits per heavy atom. The first kappa shape index (κ1) is 23.5. The van der Waals surface area contributed by atoms with Crippen LogP contribution in [0.1, 0.15) is 31.5 Å². The van der Waals surface area contributed by atoms with E-state index in [9.17, 15) is 14.4 Å². The van der Waals surface area contributed by atoms with Gasteiger partial charge < -0.3 is 24.8 Å². The summed E-state index contributed by atoms with van der Waals surface area (Å²) in [6.07, 6.45) is 1.47. The molecule has 178 valence electrons. The van der Waals surface area contributed by atoms with E-state index in [1.54, 1.807) is 37.3 Å². The highest BCUT2D eigenvalue weighted by Gasteiger charge is 2.35. The van der Waals surface area contributed by atoms with Gasteiger partial charge in [0.2, 0.25) is 0 Å². The Bertz CT molecular complexity index is 1300. The highest BCUT2D eigenvalue weighted by Crippen LogP contribution is 2.28. The van der Waals surface area contributed by atoms with Crippen molar-refractivity contribution in [3.05, 3.63) is 74.8 Å². The Balaban J connectivity index is 1.67. The number of esters is 1. The van der Waals surface area contributed by atoms with Gasteiger partial charge >= 0.3 is 12.0 Å². The van der Waals surface area contributed by atoms with E-state index in [1.165, 1.54) is 6.26 Å². The molecule has 0 radical (unpaired) electrons. The summed E-state index contributed by atoms with van der Waals surface area (Å²) in [6.45, 7) is 4.83. The molecule has 11 heteroatoms. The average Bonchev–Trinajstić information content (AvgIpc) is 3.33. The van der Waals surface area contributed by atoms with Crippen molar-refractivity contribution in [3.63, 3.8) is 0 Å². The Hall–Kier alpha value is -3.63. The van der Waals surface area contributed by atoms with Crippen LogP contribution in [0.5, 0.6) is 0 Å². The number of benzene rings is 1. The van der Waals surface area contributed by atoms with Gasteiger partial charge in [-0.3, -0.25) is 9.69 Å². The maximum Gasteiger partial charge on any atom is 0.338 e. The van der Waals surface area contributed by atoms with Crippen LogP contribution in [0.25, 0.3) is 10.9 Å². The van der Waals surface area contributed by atoms with Crippen LogP contribution in [0.3, 0.4) is 0 Å². The van der Waals surface area contributed by atoms with Crippen LogP contribution in [0.15, 0.2) is 57.1 Å². The zero-order valence-electron chi connectivity index (χ0n) is 18.7. The molecule has 0 spiro atoms. The quantitative estimate of drug-likeness (QED) is 0.418. The first-order valence-electron chi connectivity index (χ1n) is 10.8. The number of carbonyl (C=O) groups excluding carboxylic acids is 2. The van der Waals surface area contributed by atoms with E-state index >= 15 is 0 Å². The van der Waals surface area contributed by atoms with E-state index in [-0.39, 0.29) is 30.8 Å². The Kier molecular flexibility index (Phi) is 6.99. The SMILES string of the molecule is CCOC(=O)C1=C(CN(CC)Cc2nc3cc(Cl)ccc3c(=O)[nH]2)NC(=O)NC1c1ccco1. The maximum absolute atomic E-state index is 12.9. The first-order valence-corrected chi connectivity index (χ1v) is 11.2. The van der Waals surface area contributed by atoms with Gasteiger partial charge in [0, 0.05) is 17.3 Å². The summed E-state index contributed by atoms with van der Waals surface area (Å²) in [5, 5.41) is 6.37. The lowest BCUT2D eigenvalue weighted by molar-refractivity contribution is -0.139. The molecule has 4 rings (SSSR count). The number of aromatic amines is 1. The normalized spacial score (nSPS) is 16.0. The van der Waals surface area contributed by atoms with Crippen LogP contribution >= 0.6 is 11.6 Å². The van der Waals surface area contributed by atoms with E-state index in [0.29, 0.717) is 39.8 Å². The van der Waals surface area contributed by atoms with Crippen molar-refractivity contribution in [1.29, 1.82) is 0 Å². The van der Waals surface area contributed by atoms with Crippen molar-refractivity contribution in [2.45, 2.75) is 26.4 Å². The standard InChI is InChI=1S/C23H24ClN5O5/c1-3-29(12-18-25-15-10-13(24)7-8-14(15)21(30)27-18)11-16-19(22(31)33-4-2)20(28-23(32)26-16)17-6-5-9-34-17/h5-10,20H,3-4,11-12H2,1-2H3,(H,25,27,30)(H2,26,28,32). The van der Waals surface area contributed by atoms with E-state index in [2.05, 4.69) is 20.6 Å². The molecule has 34 heavy (non-hydrogen) atoms. The summed E-state index contributed by atoms with van der Waals surface area (Å²) in [5.41, 5.74) is 0.854. The minimum absolute atomic E-state index is 0.177. The molecule has 0 aliphatic carbocycles. The predicted molar refractivity (Wildman–Crippen MR) is 125 cm³/mol. The predicted octanol–water partition coefficient (Wildman–Crippen LogP) is 2.86. The van der Waals surface area contributed by atoms with Gasteiger partial charge in [0.25, 0.3) is 5.56 Å². The molecule has 1 aromatic carbocycles. The maximum atomic E-state index is 12.9. The van der Waals surface area contributed by atoms with Crippen molar-refractivity contribution >= 4 is 34.5 Å². The zero-order valence-corrected chi connectivity index (χ0v) is 19.4. The molecule has 2 amide bonds. The zero-order chi connectivity index (χ0) is 24.2. The van der Waals surface area contributed by atoms with Gasteiger partial charge in [-0.15, -0.1) is 0 Å². The lowest BCUT2D eigenvalue weighted by atomic mass is 10.00. The fourth-order valence-electron chi connectivity index (χ4n) is 3.81. The summed E-state index contributed by atoms with van der Waals surface area (Å²) >= 11 is 6.06. The molecule has 3 N–H and O–H groups in total. The number of nitrogens with one attached hydrogen (secondary N) is 3. The number of carbonyl (C=O) groups is 2. The number of nitrogens with zero attached hydrogens (tertiary/aromatic N) is 2. The minimum Gasteiger partial charge on any atom is -0.467 e. The van der Waals surface area contributed by atoms with Crippen LogP contribution in [0.4, 0.5) is 4.79 Å². The molecule has 0 saturated heterocycles. The number of hydrogen-bond donors (Lipinski definition) is 3. The van der Waals surface area contributed by atoms with Crippen LogP contribution in [0.2, 0.25) is 5.02 Å². The lowest BCUT2D eigenvalue weighted by Crippen LogP contribution is -2.48. The van der Waals surface area contributed by atoms with Gasteiger partial charge in [-0.2, -0.15) is 0 Å². The molecular formula is C23H24ClN5O5. The number of halogens is 1. The van der Waals surface area contributed by atoms with Crippen LogP contribution in [-0.4, -0.2) is 46.6 Å². The molecule has 1 aliphatic rings. The van der Waals surface area contributed by atoms with E-state index in [4.69, 9.17) is 20.8 Å². The second kappa shape index (κ2) is 10.1. The number of urea groups is 1. The summed E-state index contributed by atoms with van der Waals surface area (Å²) in [4.78, 5) is 47.0. The topological polar surface area (TPSA) is 130 Å².